The number of unbranched alkanes of at least 4 members (excludes halogenated alkanes) is 1. The highest BCUT2D eigenvalue weighted by molar-refractivity contribution is 6.02. The predicted octanol–water partition coefficient (Wildman–Crippen LogP) is 4.82. The Hall–Kier alpha value is -4.20. The Bertz CT molecular complexity index is 1200. The molecule has 0 saturated carbocycles. The van der Waals surface area contributed by atoms with E-state index < -0.39 is 24.0 Å². The van der Waals surface area contributed by atoms with Gasteiger partial charge in [0.1, 0.15) is 12.6 Å². The van der Waals surface area contributed by atoms with Gasteiger partial charge < -0.3 is 15.2 Å². The Morgan fingerprint density at radius 2 is 1.66 bits per heavy atom. The van der Waals surface area contributed by atoms with E-state index in [1.807, 2.05) is 43.3 Å². The van der Waals surface area contributed by atoms with Crippen LogP contribution in [0.1, 0.15) is 53.7 Å². The molecule has 0 aliphatic heterocycles. The first-order chi connectivity index (χ1) is 17.0. The molecule has 0 spiro atoms. The summed E-state index contributed by atoms with van der Waals surface area (Å²) < 4.78 is 5.55. The first-order valence-corrected chi connectivity index (χ1v) is 11.6. The smallest absolute Gasteiger partial charge is 0.411 e. The van der Waals surface area contributed by atoms with Crippen LogP contribution >= 0.6 is 0 Å². The normalized spacial score (nSPS) is 12.8. The number of carbonyl (C=O) groups is 3. The topological polar surface area (TPSA) is 118 Å². The van der Waals surface area contributed by atoms with Gasteiger partial charge in [0.15, 0.2) is 5.69 Å². The molecule has 0 bridgehead atoms. The maximum atomic E-state index is 12.7. The van der Waals surface area contributed by atoms with Gasteiger partial charge in [0.05, 0.1) is 5.69 Å². The molecule has 1 aromatic heterocycles. The SMILES string of the molecule is CCCCC(NC(=O)c1ncccc1NC(=O)OCC1c2ccccc2-c2ccccc21)C(=O)O. The van der Waals surface area contributed by atoms with Crippen LogP contribution in [0, 0.1) is 0 Å². The second-order valence-electron chi connectivity index (χ2n) is 8.36. The molecule has 180 valence electrons. The van der Waals surface area contributed by atoms with Crippen molar-refractivity contribution < 1.29 is 24.2 Å². The lowest BCUT2D eigenvalue weighted by atomic mass is 9.98. The van der Waals surface area contributed by atoms with Crippen molar-refractivity contribution in [2.45, 2.75) is 38.1 Å². The van der Waals surface area contributed by atoms with E-state index in [2.05, 4.69) is 27.8 Å². The van der Waals surface area contributed by atoms with Gasteiger partial charge in [-0.15, -0.1) is 0 Å². The summed E-state index contributed by atoms with van der Waals surface area (Å²) in [6, 6.07) is 18.1. The van der Waals surface area contributed by atoms with Gasteiger partial charge in [-0.2, -0.15) is 0 Å². The van der Waals surface area contributed by atoms with E-state index in [1.54, 1.807) is 6.07 Å². The number of carboxylic acid groups (broad SMARTS) is 1. The van der Waals surface area contributed by atoms with Crippen molar-refractivity contribution in [2.75, 3.05) is 11.9 Å². The Morgan fingerprint density at radius 1 is 1.00 bits per heavy atom. The standard InChI is InChI=1S/C27H27N3O5/c1-2-3-13-23(26(32)33)29-25(31)24-22(14-8-15-28-24)30-27(34)35-16-21-19-11-6-4-9-17(19)18-10-5-7-12-20(18)21/h4-12,14-15,21,23H,2-3,13,16H2,1H3,(H,29,31)(H,30,34)(H,32,33). The lowest BCUT2D eigenvalue weighted by Crippen LogP contribution is -2.41. The number of carboxylic acids is 1. The molecule has 0 saturated heterocycles. The van der Waals surface area contributed by atoms with Crippen LogP contribution in [0.25, 0.3) is 11.1 Å². The Labute approximate surface area is 203 Å². The number of carbonyl (C=O) groups excluding carboxylic acids is 2. The molecule has 1 unspecified atom stereocenters. The van der Waals surface area contributed by atoms with E-state index in [0.717, 1.165) is 28.7 Å². The maximum absolute atomic E-state index is 12.7. The van der Waals surface area contributed by atoms with Crippen LogP contribution in [0.4, 0.5) is 10.5 Å². The number of nitrogens with one attached hydrogen (secondary N) is 2. The van der Waals surface area contributed by atoms with E-state index >= 15 is 0 Å². The molecule has 1 heterocycles. The van der Waals surface area contributed by atoms with Crippen LogP contribution in [0.2, 0.25) is 0 Å². The van der Waals surface area contributed by atoms with Crippen LogP contribution in [0.15, 0.2) is 66.9 Å². The third kappa shape index (κ3) is 5.32. The number of amides is 2. The van der Waals surface area contributed by atoms with E-state index in [4.69, 9.17) is 4.74 Å². The number of rotatable bonds is 9. The van der Waals surface area contributed by atoms with Gasteiger partial charge in [0.2, 0.25) is 0 Å². The quantitative estimate of drug-likeness (QED) is 0.410. The lowest BCUT2D eigenvalue weighted by molar-refractivity contribution is -0.139. The highest BCUT2D eigenvalue weighted by Crippen LogP contribution is 2.44. The fourth-order valence-electron chi connectivity index (χ4n) is 4.32. The molecule has 4 rings (SSSR count). The summed E-state index contributed by atoms with van der Waals surface area (Å²) in [7, 11) is 0. The maximum Gasteiger partial charge on any atom is 0.411 e. The van der Waals surface area contributed by atoms with Gasteiger partial charge in [0, 0.05) is 12.1 Å². The van der Waals surface area contributed by atoms with Crippen molar-refractivity contribution in [2.24, 2.45) is 0 Å². The fraction of sp³-hybridized carbons (Fsp3) is 0.259. The third-order valence-corrected chi connectivity index (χ3v) is 6.05. The summed E-state index contributed by atoms with van der Waals surface area (Å²) in [5, 5.41) is 14.5. The minimum Gasteiger partial charge on any atom is -0.480 e. The number of pyridine rings is 1. The Kier molecular flexibility index (Phi) is 7.40. The number of hydrogen-bond acceptors (Lipinski definition) is 5. The molecule has 1 aliphatic rings. The summed E-state index contributed by atoms with van der Waals surface area (Å²) in [6.07, 6.45) is 2.44. The monoisotopic (exact) mass is 473 g/mol. The molecular weight excluding hydrogens is 446 g/mol. The molecule has 3 aromatic rings. The molecule has 2 amide bonds. The minimum absolute atomic E-state index is 0.0799. The highest BCUT2D eigenvalue weighted by Gasteiger charge is 2.29. The number of fused-ring (bicyclic) bond motifs is 3. The second kappa shape index (κ2) is 10.8. The largest absolute Gasteiger partial charge is 0.480 e. The van der Waals surface area contributed by atoms with E-state index in [9.17, 15) is 19.5 Å². The highest BCUT2D eigenvalue weighted by atomic mass is 16.5. The molecule has 8 nitrogen and oxygen atoms in total. The van der Waals surface area contributed by atoms with Crippen LogP contribution in [-0.4, -0.2) is 40.7 Å². The van der Waals surface area contributed by atoms with Crippen molar-refractivity contribution in [3.05, 3.63) is 83.7 Å². The zero-order valence-corrected chi connectivity index (χ0v) is 19.4. The number of benzene rings is 2. The molecule has 1 aliphatic carbocycles. The molecule has 8 heteroatoms. The average molecular weight is 474 g/mol. The predicted molar refractivity (Wildman–Crippen MR) is 131 cm³/mol. The van der Waals surface area contributed by atoms with Crippen LogP contribution in [-0.2, 0) is 9.53 Å². The number of hydrogen-bond donors (Lipinski definition) is 3. The van der Waals surface area contributed by atoms with Gasteiger partial charge in [-0.1, -0.05) is 68.3 Å². The first-order valence-electron chi connectivity index (χ1n) is 11.6. The molecule has 3 N–H and O–H groups in total. The first kappa shape index (κ1) is 23.9. The fourth-order valence-corrected chi connectivity index (χ4v) is 4.32. The summed E-state index contributed by atoms with van der Waals surface area (Å²) in [6.45, 7) is 2.07. The number of aromatic nitrogens is 1. The van der Waals surface area contributed by atoms with Crippen molar-refractivity contribution >= 4 is 23.7 Å². The number of nitrogens with zero attached hydrogens (tertiary/aromatic N) is 1. The Morgan fingerprint density at radius 3 is 2.29 bits per heavy atom. The zero-order valence-electron chi connectivity index (χ0n) is 19.4. The van der Waals surface area contributed by atoms with E-state index in [0.29, 0.717) is 12.8 Å². The lowest BCUT2D eigenvalue weighted by Gasteiger charge is -2.16. The van der Waals surface area contributed by atoms with E-state index in [-0.39, 0.29) is 23.9 Å². The van der Waals surface area contributed by atoms with Crippen molar-refractivity contribution in [1.29, 1.82) is 0 Å². The van der Waals surface area contributed by atoms with Gasteiger partial charge in [-0.25, -0.2) is 14.6 Å². The van der Waals surface area contributed by atoms with Gasteiger partial charge in [-0.3, -0.25) is 10.1 Å². The van der Waals surface area contributed by atoms with Crippen molar-refractivity contribution in [3.8, 4) is 11.1 Å². The van der Waals surface area contributed by atoms with Crippen molar-refractivity contribution in [1.82, 2.24) is 10.3 Å². The van der Waals surface area contributed by atoms with Crippen LogP contribution in [0.5, 0.6) is 0 Å². The molecule has 0 fully saturated rings. The molecule has 2 aromatic carbocycles. The van der Waals surface area contributed by atoms with Crippen LogP contribution in [0.3, 0.4) is 0 Å². The Balaban J connectivity index is 1.43. The summed E-state index contributed by atoms with van der Waals surface area (Å²) in [4.78, 5) is 40.9. The number of ether oxygens (including phenoxy) is 1. The van der Waals surface area contributed by atoms with Gasteiger partial charge in [-0.05, 0) is 40.8 Å². The van der Waals surface area contributed by atoms with Gasteiger partial charge in [0.25, 0.3) is 5.91 Å². The summed E-state index contributed by atoms with van der Waals surface area (Å²) >= 11 is 0. The minimum atomic E-state index is -1.12. The van der Waals surface area contributed by atoms with E-state index in [1.165, 1.54) is 12.3 Å². The summed E-state index contributed by atoms with van der Waals surface area (Å²) in [5.41, 5.74) is 4.49. The molecular formula is C27H27N3O5. The van der Waals surface area contributed by atoms with Crippen LogP contribution < -0.4 is 10.6 Å². The number of aliphatic carboxylic acids is 1. The van der Waals surface area contributed by atoms with Crippen molar-refractivity contribution in [3.63, 3.8) is 0 Å². The zero-order chi connectivity index (χ0) is 24.8. The van der Waals surface area contributed by atoms with Gasteiger partial charge >= 0.3 is 12.1 Å². The molecule has 1 atom stereocenters. The average Bonchev–Trinajstić information content (AvgIpc) is 3.19. The number of anilines is 1. The second-order valence-corrected chi connectivity index (χ2v) is 8.36. The summed E-state index contributed by atoms with van der Waals surface area (Å²) in [5.74, 6) is -1.89. The molecule has 0 radical (unpaired) electrons. The third-order valence-electron chi connectivity index (χ3n) is 6.05. The molecule has 35 heavy (non-hydrogen) atoms.